The molecule has 1 amide bonds. The second kappa shape index (κ2) is 10.6. The van der Waals surface area contributed by atoms with Gasteiger partial charge in [0.15, 0.2) is 0 Å². The molecule has 0 spiro atoms. The zero-order chi connectivity index (χ0) is 21.6. The van der Waals surface area contributed by atoms with Gasteiger partial charge in [0.05, 0.1) is 5.16 Å². The SMILES string of the molecule is C\C=C(C(/C(C)=N/C=C/CC)=C(/C)N1CCN(C(=O)C2(P)CC2)CC1)\C(C)CC. The number of hydrogen-bond donors (Lipinski definition) is 0. The van der Waals surface area contributed by atoms with E-state index in [9.17, 15) is 4.79 Å². The third-order valence-corrected chi connectivity index (χ3v) is 7.16. The van der Waals surface area contributed by atoms with E-state index in [1.54, 1.807) is 0 Å². The molecule has 2 atom stereocenters. The standard InChI is InChI=1S/C24H40N3OP/c1-7-10-13-25-19(5)22(21(9-3)18(4)8-2)20(6)26-14-16-27(17-15-26)23(28)24(29)11-12-24/h9-10,13,18H,7-8,11-12,14-17,29H2,1-6H3/b13-10+,21-9-,22-20-,25-19+. The minimum absolute atomic E-state index is 0.151. The molecular formula is C24H40N3OP. The fourth-order valence-corrected chi connectivity index (χ4v) is 4.30. The number of hydrogen-bond acceptors (Lipinski definition) is 3. The van der Waals surface area contributed by atoms with Gasteiger partial charge in [0.25, 0.3) is 0 Å². The van der Waals surface area contributed by atoms with Crippen LogP contribution in [0.15, 0.2) is 40.2 Å². The molecule has 1 aliphatic heterocycles. The van der Waals surface area contributed by atoms with Crippen molar-refractivity contribution in [2.45, 2.75) is 72.4 Å². The van der Waals surface area contributed by atoms with E-state index in [2.05, 4.69) is 72.7 Å². The highest BCUT2D eigenvalue weighted by Gasteiger charge is 2.47. The highest BCUT2D eigenvalue weighted by Crippen LogP contribution is 2.46. The molecule has 0 aromatic heterocycles. The molecule has 2 unspecified atom stereocenters. The number of aliphatic imine (C=N–C) groups is 1. The number of nitrogens with zero attached hydrogens (tertiary/aromatic N) is 3. The molecule has 0 radical (unpaired) electrons. The lowest BCUT2D eigenvalue weighted by Crippen LogP contribution is -2.50. The van der Waals surface area contributed by atoms with Gasteiger partial charge in [-0.05, 0) is 57.9 Å². The molecule has 1 saturated carbocycles. The highest BCUT2D eigenvalue weighted by atomic mass is 31.0. The maximum Gasteiger partial charge on any atom is 0.232 e. The fourth-order valence-electron chi connectivity index (χ4n) is 3.98. The van der Waals surface area contributed by atoms with Gasteiger partial charge in [0.2, 0.25) is 5.91 Å². The number of amides is 1. The molecular weight excluding hydrogens is 377 g/mol. The summed E-state index contributed by atoms with van der Waals surface area (Å²) in [5.41, 5.74) is 4.99. The van der Waals surface area contributed by atoms with E-state index < -0.39 is 0 Å². The third-order valence-electron chi connectivity index (χ3n) is 6.33. The molecule has 4 nitrogen and oxygen atoms in total. The van der Waals surface area contributed by atoms with E-state index in [0.29, 0.717) is 11.8 Å². The summed E-state index contributed by atoms with van der Waals surface area (Å²) in [4.78, 5) is 21.9. The molecule has 0 aromatic carbocycles. The Labute approximate surface area is 180 Å². The van der Waals surface area contributed by atoms with Crippen molar-refractivity contribution >= 4 is 20.9 Å². The summed E-state index contributed by atoms with van der Waals surface area (Å²) in [7, 11) is 2.78. The van der Waals surface area contributed by atoms with Crippen molar-refractivity contribution in [3.05, 3.63) is 35.2 Å². The molecule has 162 valence electrons. The predicted octanol–water partition coefficient (Wildman–Crippen LogP) is 5.19. The average molecular weight is 418 g/mol. The molecule has 0 aromatic rings. The molecule has 2 aliphatic rings. The van der Waals surface area contributed by atoms with Crippen molar-refractivity contribution in [2.24, 2.45) is 10.9 Å². The lowest BCUT2D eigenvalue weighted by Gasteiger charge is -2.39. The van der Waals surface area contributed by atoms with Crippen LogP contribution in [0, 0.1) is 5.92 Å². The molecule has 2 rings (SSSR count). The monoisotopic (exact) mass is 417 g/mol. The summed E-state index contributed by atoms with van der Waals surface area (Å²) in [6.07, 6.45) is 10.4. The van der Waals surface area contributed by atoms with E-state index in [0.717, 1.165) is 57.6 Å². The van der Waals surface area contributed by atoms with Crippen LogP contribution in [-0.4, -0.2) is 52.8 Å². The van der Waals surface area contributed by atoms with Gasteiger partial charge in [-0.25, -0.2) is 0 Å². The summed E-state index contributed by atoms with van der Waals surface area (Å²) in [5, 5.41) is -0.151. The lowest BCUT2D eigenvalue weighted by atomic mass is 9.87. The van der Waals surface area contributed by atoms with Crippen LogP contribution in [0.25, 0.3) is 0 Å². The topological polar surface area (TPSA) is 35.9 Å². The molecule has 1 aliphatic carbocycles. The van der Waals surface area contributed by atoms with Gasteiger partial charge >= 0.3 is 0 Å². The molecule has 29 heavy (non-hydrogen) atoms. The molecule has 5 heteroatoms. The van der Waals surface area contributed by atoms with Crippen LogP contribution in [0.3, 0.4) is 0 Å². The van der Waals surface area contributed by atoms with E-state index in [-0.39, 0.29) is 5.16 Å². The molecule has 0 N–H and O–H groups in total. The second-order valence-electron chi connectivity index (χ2n) is 8.46. The number of allylic oxidation sites excluding steroid dienone is 5. The van der Waals surface area contributed by atoms with Gasteiger partial charge in [0, 0.05) is 49.4 Å². The maximum absolute atomic E-state index is 12.7. The highest BCUT2D eigenvalue weighted by molar-refractivity contribution is 7.21. The zero-order valence-corrected chi connectivity index (χ0v) is 20.4. The zero-order valence-electron chi connectivity index (χ0n) is 19.3. The second-order valence-corrected chi connectivity index (χ2v) is 9.56. The van der Waals surface area contributed by atoms with Gasteiger partial charge < -0.3 is 9.80 Å². The average Bonchev–Trinajstić information content (AvgIpc) is 3.49. The van der Waals surface area contributed by atoms with Gasteiger partial charge in [-0.3, -0.25) is 9.79 Å². The largest absolute Gasteiger partial charge is 0.371 e. The summed E-state index contributed by atoms with van der Waals surface area (Å²) in [6.45, 7) is 16.5. The van der Waals surface area contributed by atoms with Crippen molar-refractivity contribution in [1.29, 1.82) is 0 Å². The smallest absolute Gasteiger partial charge is 0.232 e. The van der Waals surface area contributed by atoms with E-state index in [1.165, 1.54) is 16.8 Å². The summed E-state index contributed by atoms with van der Waals surface area (Å²) in [6, 6.07) is 0. The first-order valence-electron chi connectivity index (χ1n) is 11.2. The van der Waals surface area contributed by atoms with Gasteiger partial charge in [-0.15, -0.1) is 9.24 Å². The maximum atomic E-state index is 12.7. The van der Waals surface area contributed by atoms with E-state index in [1.807, 2.05) is 6.20 Å². The van der Waals surface area contributed by atoms with Crippen molar-refractivity contribution < 1.29 is 4.79 Å². The first-order chi connectivity index (χ1) is 13.8. The molecule has 0 bridgehead atoms. The Morgan fingerprint density at radius 1 is 1.14 bits per heavy atom. The first kappa shape index (κ1) is 23.9. The van der Waals surface area contributed by atoms with E-state index in [4.69, 9.17) is 4.99 Å². The Kier molecular flexibility index (Phi) is 8.70. The predicted molar refractivity (Wildman–Crippen MR) is 128 cm³/mol. The normalized spacial score (nSPS) is 22.0. The van der Waals surface area contributed by atoms with Crippen molar-refractivity contribution in [3.63, 3.8) is 0 Å². The van der Waals surface area contributed by atoms with Crippen molar-refractivity contribution in [2.75, 3.05) is 26.2 Å². The number of rotatable bonds is 8. The third kappa shape index (κ3) is 5.81. The van der Waals surface area contributed by atoms with Gasteiger partial charge in [-0.1, -0.05) is 32.9 Å². The Morgan fingerprint density at radius 3 is 2.21 bits per heavy atom. The minimum atomic E-state index is -0.151. The molecule has 2 fully saturated rings. The van der Waals surface area contributed by atoms with Crippen LogP contribution in [-0.2, 0) is 4.79 Å². The Morgan fingerprint density at radius 2 is 1.72 bits per heavy atom. The van der Waals surface area contributed by atoms with Crippen LogP contribution in [0.2, 0.25) is 0 Å². The van der Waals surface area contributed by atoms with Crippen LogP contribution in [0.5, 0.6) is 0 Å². The van der Waals surface area contributed by atoms with Gasteiger partial charge in [0.1, 0.15) is 0 Å². The quantitative estimate of drug-likeness (QED) is 0.310. The Balaban J connectivity index is 2.26. The van der Waals surface area contributed by atoms with Crippen LogP contribution < -0.4 is 0 Å². The molecule has 1 heterocycles. The van der Waals surface area contributed by atoms with E-state index >= 15 is 0 Å². The van der Waals surface area contributed by atoms with Crippen LogP contribution in [0.4, 0.5) is 0 Å². The fraction of sp³-hybridized carbons (Fsp3) is 0.667. The van der Waals surface area contributed by atoms with Gasteiger partial charge in [-0.2, -0.15) is 0 Å². The van der Waals surface area contributed by atoms with Crippen LogP contribution in [0.1, 0.15) is 67.2 Å². The number of carbonyl (C=O) groups excluding carboxylic acids is 1. The molecule has 1 saturated heterocycles. The summed E-state index contributed by atoms with van der Waals surface area (Å²) >= 11 is 0. The summed E-state index contributed by atoms with van der Waals surface area (Å²) < 4.78 is 0. The Bertz CT molecular complexity index is 708. The minimum Gasteiger partial charge on any atom is -0.371 e. The Hall–Kier alpha value is -1.41. The number of carbonyl (C=O) groups is 1. The van der Waals surface area contributed by atoms with Crippen molar-refractivity contribution in [1.82, 2.24) is 9.80 Å². The number of piperazine rings is 1. The summed E-state index contributed by atoms with van der Waals surface area (Å²) in [5.74, 6) is 0.806. The van der Waals surface area contributed by atoms with Crippen molar-refractivity contribution in [3.8, 4) is 0 Å². The lowest BCUT2D eigenvalue weighted by molar-refractivity contribution is -0.132. The first-order valence-corrected chi connectivity index (χ1v) is 11.8. The van der Waals surface area contributed by atoms with Crippen LogP contribution >= 0.6 is 9.24 Å².